The van der Waals surface area contributed by atoms with Gasteiger partial charge in [0.05, 0.1) is 5.92 Å². The van der Waals surface area contributed by atoms with Crippen molar-refractivity contribution in [3.8, 4) is 22.4 Å². The van der Waals surface area contributed by atoms with E-state index in [-0.39, 0.29) is 0 Å². The molecule has 0 saturated carbocycles. The molecule has 0 aliphatic heterocycles. The molecule has 1 aromatic heterocycles. The van der Waals surface area contributed by atoms with Gasteiger partial charge < -0.3 is 15.8 Å². The summed E-state index contributed by atoms with van der Waals surface area (Å²) in [5.74, 6) is -1.99. The number of aromatic amines is 1. The summed E-state index contributed by atoms with van der Waals surface area (Å²) in [6.45, 7) is 2.04. The van der Waals surface area contributed by atoms with Crippen LogP contribution in [0.25, 0.3) is 22.4 Å². The average molecular weight is 376 g/mol. The molecule has 0 fully saturated rings. The Hall–Kier alpha value is -3.34. The third-order valence-corrected chi connectivity index (χ3v) is 4.92. The topological polar surface area (TPSA) is 96.2 Å². The van der Waals surface area contributed by atoms with E-state index in [1.165, 1.54) is 0 Å². The first-order valence-corrected chi connectivity index (χ1v) is 9.43. The summed E-state index contributed by atoms with van der Waals surface area (Å²) < 4.78 is 0. The highest BCUT2D eigenvalue weighted by Crippen LogP contribution is 2.35. The third kappa shape index (κ3) is 3.98. The van der Waals surface area contributed by atoms with Crippen molar-refractivity contribution in [2.75, 3.05) is 0 Å². The van der Waals surface area contributed by atoms with E-state index in [1.807, 2.05) is 67.6 Å². The van der Waals surface area contributed by atoms with E-state index < -0.39 is 17.8 Å². The lowest BCUT2D eigenvalue weighted by molar-refractivity contribution is -0.139. The highest BCUT2D eigenvalue weighted by molar-refractivity contribution is 6.00. The van der Waals surface area contributed by atoms with Crippen molar-refractivity contribution in [3.63, 3.8) is 0 Å². The highest BCUT2D eigenvalue weighted by atomic mass is 16.4. The van der Waals surface area contributed by atoms with Crippen LogP contribution < -0.4 is 5.73 Å². The molecule has 5 nitrogen and oxygen atoms in total. The second kappa shape index (κ2) is 8.57. The van der Waals surface area contributed by atoms with Gasteiger partial charge in [0.1, 0.15) is 5.69 Å². The number of aliphatic carboxylic acids is 1. The fraction of sp³-hybridized carbons (Fsp3) is 0.217. The Bertz CT molecular complexity index is 977. The van der Waals surface area contributed by atoms with Crippen LogP contribution in [0.3, 0.4) is 0 Å². The van der Waals surface area contributed by atoms with Crippen molar-refractivity contribution in [2.24, 2.45) is 5.73 Å². The summed E-state index contributed by atoms with van der Waals surface area (Å²) in [7, 11) is 0. The molecule has 28 heavy (non-hydrogen) atoms. The van der Waals surface area contributed by atoms with Crippen LogP contribution in [-0.4, -0.2) is 22.0 Å². The molecular formula is C23H24N2O3. The molecule has 3 aromatic rings. The minimum absolute atomic E-state index is 0.316. The number of carbonyl (C=O) groups is 2. The van der Waals surface area contributed by atoms with Gasteiger partial charge in [0.2, 0.25) is 0 Å². The summed E-state index contributed by atoms with van der Waals surface area (Å²) in [6.07, 6.45) is 2.33. The number of H-pyrrole nitrogens is 1. The van der Waals surface area contributed by atoms with E-state index in [1.54, 1.807) is 0 Å². The summed E-state index contributed by atoms with van der Waals surface area (Å²) in [5, 5.41) is 9.77. The van der Waals surface area contributed by atoms with Crippen LogP contribution in [0.1, 0.15) is 48.2 Å². The summed E-state index contributed by atoms with van der Waals surface area (Å²) in [5.41, 5.74) is 9.68. The van der Waals surface area contributed by atoms with Crippen molar-refractivity contribution in [2.45, 2.75) is 32.1 Å². The molecule has 2 aromatic carbocycles. The number of amides is 1. The van der Waals surface area contributed by atoms with E-state index >= 15 is 0 Å². The largest absolute Gasteiger partial charge is 0.481 e. The van der Waals surface area contributed by atoms with Crippen molar-refractivity contribution in [1.29, 1.82) is 0 Å². The monoisotopic (exact) mass is 376 g/mol. The van der Waals surface area contributed by atoms with Gasteiger partial charge in [-0.1, -0.05) is 74.4 Å². The lowest BCUT2D eigenvalue weighted by Crippen LogP contribution is -2.13. The number of rotatable bonds is 8. The molecule has 1 amide bonds. The predicted octanol–water partition coefficient (Wildman–Crippen LogP) is 4.81. The Morgan fingerprint density at radius 1 is 1.04 bits per heavy atom. The quantitative estimate of drug-likeness (QED) is 0.526. The molecule has 0 aliphatic rings. The van der Waals surface area contributed by atoms with Crippen LogP contribution in [0.5, 0.6) is 0 Å². The first kappa shape index (κ1) is 19.4. The first-order chi connectivity index (χ1) is 13.5. The number of unbranched alkanes of at least 4 members (excludes halogenated alkanes) is 1. The zero-order chi connectivity index (χ0) is 20.1. The Balaban J connectivity index is 2.12. The summed E-state index contributed by atoms with van der Waals surface area (Å²) in [6, 6.07) is 18.8. The van der Waals surface area contributed by atoms with Gasteiger partial charge in [-0.3, -0.25) is 9.59 Å². The number of primary amides is 1. The number of aromatic nitrogens is 1. The van der Waals surface area contributed by atoms with E-state index in [4.69, 9.17) is 5.73 Å². The lowest BCUT2D eigenvalue weighted by atomic mass is 9.89. The van der Waals surface area contributed by atoms with E-state index in [2.05, 4.69) is 4.98 Å². The molecule has 0 bridgehead atoms. The minimum Gasteiger partial charge on any atom is -0.481 e. The molecule has 0 saturated heterocycles. The highest BCUT2D eigenvalue weighted by Gasteiger charge is 2.24. The number of benzene rings is 2. The Morgan fingerprint density at radius 2 is 1.71 bits per heavy atom. The maximum atomic E-state index is 12.0. The van der Waals surface area contributed by atoms with Crippen molar-refractivity contribution < 1.29 is 14.7 Å². The number of nitrogens with one attached hydrogen (secondary N) is 1. The fourth-order valence-corrected chi connectivity index (χ4v) is 3.51. The number of hydrogen-bond acceptors (Lipinski definition) is 2. The Labute approximate surface area is 164 Å². The van der Waals surface area contributed by atoms with Gasteiger partial charge in [0, 0.05) is 16.8 Å². The Kier molecular flexibility index (Phi) is 5.94. The first-order valence-electron chi connectivity index (χ1n) is 9.43. The third-order valence-electron chi connectivity index (χ3n) is 4.92. The van der Waals surface area contributed by atoms with Gasteiger partial charge in [-0.25, -0.2) is 0 Å². The molecule has 1 heterocycles. The molecule has 1 atom stereocenters. The van der Waals surface area contributed by atoms with E-state index in [0.717, 1.165) is 29.5 Å². The molecule has 144 valence electrons. The SMILES string of the molecule is CCCCC(C(=O)O)c1ccccc1-c1cc(-c2ccccc2)c(C(N)=O)[nH]1. The summed E-state index contributed by atoms with van der Waals surface area (Å²) >= 11 is 0. The predicted molar refractivity (Wildman–Crippen MR) is 110 cm³/mol. The van der Waals surface area contributed by atoms with Crippen molar-refractivity contribution in [1.82, 2.24) is 4.98 Å². The Morgan fingerprint density at radius 3 is 2.36 bits per heavy atom. The standard InChI is InChI=1S/C23H24N2O3/c1-2-3-11-18(23(27)28)16-12-7-8-13-17(16)20-14-19(21(25-20)22(24)26)15-9-5-4-6-10-15/h4-10,12-14,18,25H,2-3,11H2,1H3,(H2,24,26)(H,27,28). The minimum atomic E-state index is -0.842. The van der Waals surface area contributed by atoms with Gasteiger partial charge in [0.25, 0.3) is 5.91 Å². The second-order valence-corrected chi connectivity index (χ2v) is 6.82. The van der Waals surface area contributed by atoms with E-state index in [9.17, 15) is 14.7 Å². The second-order valence-electron chi connectivity index (χ2n) is 6.82. The molecular weight excluding hydrogens is 352 g/mol. The van der Waals surface area contributed by atoms with Crippen LogP contribution >= 0.6 is 0 Å². The lowest BCUT2D eigenvalue weighted by Gasteiger charge is -2.16. The van der Waals surface area contributed by atoms with Crippen LogP contribution in [-0.2, 0) is 4.79 Å². The number of carboxylic acids is 1. The number of carboxylic acid groups (broad SMARTS) is 1. The normalized spacial score (nSPS) is 11.9. The average Bonchev–Trinajstić information content (AvgIpc) is 3.15. The van der Waals surface area contributed by atoms with Crippen LogP contribution in [0.2, 0.25) is 0 Å². The number of carbonyl (C=O) groups excluding carboxylic acids is 1. The summed E-state index contributed by atoms with van der Waals surface area (Å²) in [4.78, 5) is 27.0. The van der Waals surface area contributed by atoms with Crippen LogP contribution in [0.4, 0.5) is 0 Å². The van der Waals surface area contributed by atoms with Gasteiger partial charge >= 0.3 is 5.97 Å². The maximum Gasteiger partial charge on any atom is 0.310 e. The van der Waals surface area contributed by atoms with Crippen LogP contribution in [0.15, 0.2) is 60.7 Å². The fourth-order valence-electron chi connectivity index (χ4n) is 3.51. The zero-order valence-corrected chi connectivity index (χ0v) is 15.8. The molecule has 4 N–H and O–H groups in total. The van der Waals surface area contributed by atoms with Gasteiger partial charge in [-0.2, -0.15) is 0 Å². The van der Waals surface area contributed by atoms with Gasteiger partial charge in [-0.15, -0.1) is 0 Å². The molecule has 1 unspecified atom stereocenters. The van der Waals surface area contributed by atoms with E-state index in [0.29, 0.717) is 23.4 Å². The number of hydrogen-bond donors (Lipinski definition) is 3. The van der Waals surface area contributed by atoms with Gasteiger partial charge in [-0.05, 0) is 23.6 Å². The smallest absolute Gasteiger partial charge is 0.310 e. The van der Waals surface area contributed by atoms with Crippen molar-refractivity contribution >= 4 is 11.9 Å². The molecule has 3 rings (SSSR count). The maximum absolute atomic E-state index is 12.0. The van der Waals surface area contributed by atoms with Crippen LogP contribution in [0, 0.1) is 0 Å². The number of nitrogens with two attached hydrogens (primary N) is 1. The molecule has 0 radical (unpaired) electrons. The molecule has 0 spiro atoms. The van der Waals surface area contributed by atoms with Crippen molar-refractivity contribution in [3.05, 3.63) is 71.9 Å². The zero-order valence-electron chi connectivity index (χ0n) is 15.8. The van der Waals surface area contributed by atoms with Gasteiger partial charge in [0.15, 0.2) is 0 Å². The molecule has 5 heteroatoms. The molecule has 0 aliphatic carbocycles.